The van der Waals surface area contributed by atoms with Crippen LogP contribution in [0.15, 0.2) is 78.6 Å². The Morgan fingerprint density at radius 3 is 2.56 bits per heavy atom. The van der Waals surface area contributed by atoms with Gasteiger partial charge in [-0.25, -0.2) is 4.39 Å². The average molecular weight is 432 g/mol. The van der Waals surface area contributed by atoms with Crippen molar-refractivity contribution in [3.8, 4) is 5.75 Å². The molecule has 2 aromatic carbocycles. The third-order valence-electron chi connectivity index (χ3n) is 5.26. The molecule has 0 aliphatic carbocycles. The zero-order valence-corrected chi connectivity index (χ0v) is 17.4. The molecule has 4 rings (SSSR count). The van der Waals surface area contributed by atoms with Gasteiger partial charge in [0.05, 0.1) is 18.2 Å². The van der Waals surface area contributed by atoms with Crippen molar-refractivity contribution < 1.29 is 23.8 Å². The molecule has 0 spiro atoms. The number of hydrogen-bond acceptors (Lipinski definition) is 5. The summed E-state index contributed by atoms with van der Waals surface area (Å²) in [7, 11) is 0. The van der Waals surface area contributed by atoms with Crippen molar-refractivity contribution in [2.24, 2.45) is 0 Å². The molecule has 1 aliphatic heterocycles. The number of Topliss-reactive ketones (excluding diaryl/α,β-unsaturated/α-hetero) is 1. The molecule has 1 saturated heterocycles. The number of aliphatic hydroxyl groups excluding tert-OH is 1. The number of halogens is 1. The van der Waals surface area contributed by atoms with Gasteiger partial charge in [0, 0.05) is 30.1 Å². The quantitative estimate of drug-likeness (QED) is 0.358. The second-order valence-electron chi connectivity index (χ2n) is 7.26. The molecular formula is C25H21FN2O4. The third kappa shape index (κ3) is 3.97. The predicted molar refractivity (Wildman–Crippen MR) is 116 cm³/mol. The van der Waals surface area contributed by atoms with Gasteiger partial charge in [-0.1, -0.05) is 30.3 Å². The van der Waals surface area contributed by atoms with Crippen LogP contribution in [-0.2, 0) is 16.1 Å². The fourth-order valence-corrected chi connectivity index (χ4v) is 3.80. The number of carbonyl (C=O) groups excluding carboxylic acids is 2. The molecule has 1 N–H and O–H groups in total. The van der Waals surface area contributed by atoms with Crippen molar-refractivity contribution in [1.29, 1.82) is 0 Å². The van der Waals surface area contributed by atoms with Gasteiger partial charge in [-0.2, -0.15) is 0 Å². The Bertz CT molecular complexity index is 1190. The van der Waals surface area contributed by atoms with Crippen molar-refractivity contribution in [1.82, 2.24) is 9.88 Å². The summed E-state index contributed by atoms with van der Waals surface area (Å²) in [5.74, 6) is -2.13. The molecule has 0 bridgehead atoms. The average Bonchev–Trinajstić information content (AvgIpc) is 3.05. The summed E-state index contributed by atoms with van der Waals surface area (Å²) >= 11 is 0. The van der Waals surface area contributed by atoms with Crippen LogP contribution in [0.1, 0.15) is 29.7 Å². The third-order valence-corrected chi connectivity index (χ3v) is 5.26. The molecule has 1 aromatic heterocycles. The highest BCUT2D eigenvalue weighted by molar-refractivity contribution is 6.46. The van der Waals surface area contributed by atoms with E-state index in [1.165, 1.54) is 23.1 Å². The van der Waals surface area contributed by atoms with Crippen molar-refractivity contribution in [2.75, 3.05) is 6.61 Å². The first-order valence-corrected chi connectivity index (χ1v) is 10.2. The SMILES string of the molecule is CCOc1cccc(/C(O)=C2/C(=O)C(=O)N(Cc3ccncc3)C2c2ccccc2F)c1. The Labute approximate surface area is 184 Å². The van der Waals surface area contributed by atoms with Gasteiger partial charge in [0.1, 0.15) is 17.3 Å². The van der Waals surface area contributed by atoms with Crippen molar-refractivity contribution in [3.63, 3.8) is 0 Å². The molecule has 1 aliphatic rings. The zero-order valence-electron chi connectivity index (χ0n) is 17.4. The number of pyridine rings is 1. The summed E-state index contributed by atoms with van der Waals surface area (Å²) in [6.07, 6.45) is 3.15. The number of rotatable bonds is 6. The Morgan fingerprint density at radius 1 is 1.09 bits per heavy atom. The first kappa shape index (κ1) is 21.2. The number of aliphatic hydroxyl groups is 1. The summed E-state index contributed by atoms with van der Waals surface area (Å²) < 4.78 is 20.3. The molecule has 0 radical (unpaired) electrons. The highest BCUT2D eigenvalue weighted by atomic mass is 19.1. The van der Waals surface area contributed by atoms with E-state index < -0.39 is 23.5 Å². The molecule has 1 atom stereocenters. The minimum absolute atomic E-state index is 0.0574. The summed E-state index contributed by atoms with van der Waals surface area (Å²) in [6.45, 7) is 2.31. The first-order valence-electron chi connectivity index (χ1n) is 10.2. The van der Waals surface area contributed by atoms with Crippen molar-refractivity contribution in [2.45, 2.75) is 19.5 Å². The van der Waals surface area contributed by atoms with Gasteiger partial charge in [-0.3, -0.25) is 14.6 Å². The lowest BCUT2D eigenvalue weighted by atomic mass is 9.94. The summed E-state index contributed by atoms with van der Waals surface area (Å²) in [6, 6.07) is 14.8. The van der Waals surface area contributed by atoms with Crippen LogP contribution in [0.4, 0.5) is 4.39 Å². The summed E-state index contributed by atoms with van der Waals surface area (Å²) in [5.41, 5.74) is 0.992. The van der Waals surface area contributed by atoms with Gasteiger partial charge < -0.3 is 14.7 Å². The molecule has 162 valence electrons. The van der Waals surface area contributed by atoms with E-state index in [1.807, 2.05) is 6.92 Å². The highest BCUT2D eigenvalue weighted by Crippen LogP contribution is 2.41. The smallest absolute Gasteiger partial charge is 0.295 e. The van der Waals surface area contributed by atoms with E-state index in [0.29, 0.717) is 17.9 Å². The van der Waals surface area contributed by atoms with E-state index in [4.69, 9.17) is 4.74 Å². The monoisotopic (exact) mass is 432 g/mol. The maximum Gasteiger partial charge on any atom is 0.295 e. The van der Waals surface area contributed by atoms with Crippen molar-refractivity contribution in [3.05, 3.63) is 101 Å². The van der Waals surface area contributed by atoms with Gasteiger partial charge in [-0.05, 0) is 42.8 Å². The van der Waals surface area contributed by atoms with Crippen LogP contribution < -0.4 is 4.74 Å². The molecule has 3 aromatic rings. The molecule has 0 saturated carbocycles. The second-order valence-corrected chi connectivity index (χ2v) is 7.26. The maximum atomic E-state index is 14.8. The number of likely N-dealkylation sites (tertiary alicyclic amines) is 1. The maximum absolute atomic E-state index is 14.8. The van der Waals surface area contributed by atoms with Gasteiger partial charge in [0.25, 0.3) is 11.7 Å². The number of ether oxygens (including phenoxy) is 1. The van der Waals surface area contributed by atoms with Crippen LogP contribution in [0.3, 0.4) is 0 Å². The largest absolute Gasteiger partial charge is 0.507 e. The van der Waals surface area contributed by atoms with Crippen LogP contribution >= 0.6 is 0 Å². The Kier molecular flexibility index (Phi) is 5.98. The van der Waals surface area contributed by atoms with Gasteiger partial charge in [0.2, 0.25) is 0 Å². The molecule has 2 heterocycles. The van der Waals surface area contributed by atoms with E-state index in [2.05, 4.69) is 4.98 Å². The fraction of sp³-hybridized carbons (Fsp3) is 0.160. The molecule has 1 amide bonds. The summed E-state index contributed by atoms with van der Waals surface area (Å²) in [4.78, 5) is 31.3. The molecule has 1 unspecified atom stereocenters. The van der Waals surface area contributed by atoms with Crippen LogP contribution in [0.25, 0.3) is 5.76 Å². The zero-order chi connectivity index (χ0) is 22.7. The molecule has 6 nitrogen and oxygen atoms in total. The Balaban J connectivity index is 1.87. The number of carbonyl (C=O) groups is 2. The summed E-state index contributed by atoms with van der Waals surface area (Å²) in [5, 5.41) is 11.1. The predicted octanol–water partition coefficient (Wildman–Crippen LogP) is 4.24. The standard InChI is InChI=1S/C25H21FN2O4/c1-2-32-18-7-5-6-17(14-18)23(29)21-22(19-8-3-4-9-20(19)26)28(25(31)24(21)30)15-16-10-12-27-13-11-16/h3-14,22,29H,2,15H2,1H3/b23-21-. The number of nitrogens with zero attached hydrogens (tertiary/aromatic N) is 2. The number of hydrogen-bond donors (Lipinski definition) is 1. The lowest BCUT2D eigenvalue weighted by Crippen LogP contribution is -2.29. The van der Waals surface area contributed by atoms with E-state index in [0.717, 1.165) is 5.56 Å². The van der Waals surface area contributed by atoms with Gasteiger partial charge in [-0.15, -0.1) is 0 Å². The number of aromatic nitrogens is 1. The topological polar surface area (TPSA) is 79.7 Å². The number of amides is 1. The van der Waals surface area contributed by atoms with Crippen LogP contribution in [0, 0.1) is 5.82 Å². The number of ketones is 1. The minimum atomic E-state index is -1.08. The lowest BCUT2D eigenvalue weighted by molar-refractivity contribution is -0.140. The van der Waals surface area contributed by atoms with E-state index in [9.17, 15) is 19.1 Å². The van der Waals surface area contributed by atoms with Crippen molar-refractivity contribution >= 4 is 17.4 Å². The molecule has 7 heteroatoms. The van der Waals surface area contributed by atoms with E-state index >= 15 is 0 Å². The minimum Gasteiger partial charge on any atom is -0.507 e. The normalized spacial score (nSPS) is 17.6. The van der Waals surface area contributed by atoms with Gasteiger partial charge >= 0.3 is 0 Å². The van der Waals surface area contributed by atoms with E-state index in [1.54, 1.807) is 54.9 Å². The number of benzene rings is 2. The van der Waals surface area contributed by atoms with Crippen LogP contribution in [0.5, 0.6) is 5.75 Å². The van der Waals surface area contributed by atoms with Crippen LogP contribution in [-0.4, -0.2) is 33.3 Å². The Hall–Kier alpha value is -4.00. The second kappa shape index (κ2) is 9.01. The molecule has 32 heavy (non-hydrogen) atoms. The molecule has 1 fully saturated rings. The Morgan fingerprint density at radius 2 is 1.84 bits per heavy atom. The lowest BCUT2D eigenvalue weighted by Gasteiger charge is -2.25. The highest BCUT2D eigenvalue weighted by Gasteiger charge is 2.46. The first-order chi connectivity index (χ1) is 15.5. The van der Waals surface area contributed by atoms with E-state index in [-0.39, 0.29) is 23.4 Å². The fourth-order valence-electron chi connectivity index (χ4n) is 3.80. The van der Waals surface area contributed by atoms with Gasteiger partial charge in [0.15, 0.2) is 0 Å². The van der Waals surface area contributed by atoms with Crippen LogP contribution in [0.2, 0.25) is 0 Å². The molecular weight excluding hydrogens is 411 g/mol.